The Bertz CT molecular complexity index is 565. The lowest BCUT2D eigenvalue weighted by Gasteiger charge is -2.27. The van der Waals surface area contributed by atoms with E-state index >= 15 is 0 Å². The molecule has 88 valence electrons. The number of rotatable bonds is 3. The first kappa shape index (κ1) is 11.6. The summed E-state index contributed by atoms with van der Waals surface area (Å²) in [6.45, 7) is 3.83. The molecular weight excluding hydrogens is 214 g/mol. The molecule has 2 aromatic rings. The highest BCUT2D eigenvalue weighted by Gasteiger charge is 2.29. The number of aromatic nitrogens is 1. The molecule has 0 aliphatic heterocycles. The molecule has 1 unspecified atom stereocenters. The Morgan fingerprint density at radius 1 is 1.47 bits per heavy atom. The average molecular weight is 229 g/mol. The lowest BCUT2D eigenvalue weighted by atomic mass is 9.82. The summed E-state index contributed by atoms with van der Waals surface area (Å²) in [4.78, 5) is 4.08. The number of hydrogen-bond donors (Lipinski definition) is 1. The Hall–Kier alpha value is -1.86. The van der Waals surface area contributed by atoms with Gasteiger partial charge in [0.2, 0.25) is 0 Å². The summed E-state index contributed by atoms with van der Waals surface area (Å²) in [7, 11) is 1.86. The largest absolute Gasteiger partial charge is 0.443 e. The molecule has 1 aromatic carbocycles. The van der Waals surface area contributed by atoms with Gasteiger partial charge in [0.1, 0.15) is 5.52 Å². The second-order valence-corrected chi connectivity index (χ2v) is 4.63. The summed E-state index contributed by atoms with van der Waals surface area (Å²) in [5, 5.41) is 12.4. The van der Waals surface area contributed by atoms with Crippen LogP contribution in [0.15, 0.2) is 29.0 Å². The predicted molar refractivity (Wildman–Crippen MR) is 65.2 cm³/mol. The van der Waals surface area contributed by atoms with Crippen LogP contribution in [0.5, 0.6) is 0 Å². The summed E-state index contributed by atoms with van der Waals surface area (Å²) in [6.07, 6.45) is 1.43. The van der Waals surface area contributed by atoms with Crippen LogP contribution in [-0.2, 0) is 0 Å². The van der Waals surface area contributed by atoms with E-state index in [9.17, 15) is 5.26 Å². The standard InChI is InChI=1S/C13H15N3O/c1-13(2,7-14)12(15-3)9-4-5-10-11(6-9)17-8-16-10/h4-6,8,12,15H,1-3H3. The Morgan fingerprint density at radius 2 is 2.24 bits per heavy atom. The molecule has 17 heavy (non-hydrogen) atoms. The highest BCUT2D eigenvalue weighted by Crippen LogP contribution is 2.33. The maximum Gasteiger partial charge on any atom is 0.181 e. The zero-order valence-electron chi connectivity index (χ0n) is 10.2. The average Bonchev–Trinajstić information content (AvgIpc) is 2.77. The molecule has 0 saturated carbocycles. The van der Waals surface area contributed by atoms with Crippen LogP contribution >= 0.6 is 0 Å². The molecule has 0 amide bonds. The lowest BCUT2D eigenvalue weighted by Crippen LogP contribution is -2.30. The SMILES string of the molecule is CNC(c1ccc2ncoc2c1)C(C)(C)C#N. The van der Waals surface area contributed by atoms with Crippen LogP contribution < -0.4 is 5.32 Å². The first-order chi connectivity index (χ1) is 8.08. The van der Waals surface area contributed by atoms with E-state index in [0.29, 0.717) is 0 Å². The molecule has 1 heterocycles. The molecule has 0 fully saturated rings. The second kappa shape index (κ2) is 4.19. The third-order valence-corrected chi connectivity index (χ3v) is 2.99. The van der Waals surface area contributed by atoms with Crippen LogP contribution in [0.3, 0.4) is 0 Å². The lowest BCUT2D eigenvalue weighted by molar-refractivity contribution is 0.344. The molecule has 0 spiro atoms. The normalized spacial score (nSPS) is 13.5. The number of nitriles is 1. The zero-order valence-corrected chi connectivity index (χ0v) is 10.2. The molecule has 0 aliphatic carbocycles. The van der Waals surface area contributed by atoms with Crippen molar-refractivity contribution in [3.63, 3.8) is 0 Å². The van der Waals surface area contributed by atoms with Crippen molar-refractivity contribution in [2.24, 2.45) is 5.41 Å². The van der Waals surface area contributed by atoms with Crippen molar-refractivity contribution in [2.45, 2.75) is 19.9 Å². The molecule has 0 radical (unpaired) electrons. The molecule has 1 N–H and O–H groups in total. The van der Waals surface area contributed by atoms with Crippen LogP contribution in [0.1, 0.15) is 25.5 Å². The van der Waals surface area contributed by atoms with Crippen molar-refractivity contribution in [3.05, 3.63) is 30.2 Å². The number of nitrogens with one attached hydrogen (secondary N) is 1. The smallest absolute Gasteiger partial charge is 0.181 e. The van der Waals surface area contributed by atoms with Crippen molar-refractivity contribution in [2.75, 3.05) is 7.05 Å². The van der Waals surface area contributed by atoms with Crippen LogP contribution in [0.25, 0.3) is 11.1 Å². The number of hydrogen-bond acceptors (Lipinski definition) is 4. The van der Waals surface area contributed by atoms with Gasteiger partial charge in [0, 0.05) is 0 Å². The summed E-state index contributed by atoms with van der Waals surface area (Å²) in [6, 6.07) is 8.10. The van der Waals surface area contributed by atoms with Crippen molar-refractivity contribution < 1.29 is 4.42 Å². The molecule has 0 saturated heterocycles. The van der Waals surface area contributed by atoms with Gasteiger partial charge in [0.25, 0.3) is 0 Å². The maximum atomic E-state index is 9.20. The summed E-state index contributed by atoms with van der Waals surface area (Å²) in [5.41, 5.74) is 2.13. The van der Waals surface area contributed by atoms with Crippen molar-refractivity contribution in [3.8, 4) is 6.07 Å². The minimum atomic E-state index is -0.484. The first-order valence-corrected chi connectivity index (χ1v) is 5.50. The van der Waals surface area contributed by atoms with E-state index in [2.05, 4.69) is 16.4 Å². The van der Waals surface area contributed by atoms with Gasteiger partial charge < -0.3 is 9.73 Å². The Balaban J connectivity index is 2.47. The third-order valence-electron chi connectivity index (χ3n) is 2.99. The van der Waals surface area contributed by atoms with Gasteiger partial charge in [-0.3, -0.25) is 0 Å². The van der Waals surface area contributed by atoms with Gasteiger partial charge in [0.05, 0.1) is 17.5 Å². The summed E-state index contributed by atoms with van der Waals surface area (Å²) in [5.74, 6) is 0. The van der Waals surface area contributed by atoms with Crippen molar-refractivity contribution >= 4 is 11.1 Å². The Kier molecular flexibility index (Phi) is 2.86. The van der Waals surface area contributed by atoms with Gasteiger partial charge >= 0.3 is 0 Å². The van der Waals surface area contributed by atoms with E-state index in [4.69, 9.17) is 4.42 Å². The topological polar surface area (TPSA) is 61.9 Å². The highest BCUT2D eigenvalue weighted by molar-refractivity contribution is 5.73. The highest BCUT2D eigenvalue weighted by atomic mass is 16.3. The predicted octanol–water partition coefficient (Wildman–Crippen LogP) is 2.64. The van der Waals surface area contributed by atoms with E-state index < -0.39 is 5.41 Å². The minimum Gasteiger partial charge on any atom is -0.443 e. The molecule has 0 aliphatic rings. The number of oxazole rings is 1. The molecular formula is C13H15N3O. The van der Waals surface area contributed by atoms with Crippen molar-refractivity contribution in [1.29, 1.82) is 5.26 Å². The van der Waals surface area contributed by atoms with Crippen LogP contribution in [0, 0.1) is 16.7 Å². The molecule has 1 atom stereocenters. The molecule has 0 bridgehead atoms. The van der Waals surface area contributed by atoms with E-state index in [1.54, 1.807) is 0 Å². The van der Waals surface area contributed by atoms with E-state index in [0.717, 1.165) is 16.7 Å². The number of nitrogens with zero attached hydrogens (tertiary/aromatic N) is 2. The van der Waals surface area contributed by atoms with Crippen LogP contribution in [0.2, 0.25) is 0 Å². The molecule has 2 rings (SSSR count). The molecule has 4 nitrogen and oxygen atoms in total. The summed E-state index contributed by atoms with van der Waals surface area (Å²) < 4.78 is 5.28. The minimum absolute atomic E-state index is 0.0398. The fourth-order valence-corrected chi connectivity index (χ4v) is 2.06. The van der Waals surface area contributed by atoms with Gasteiger partial charge in [-0.1, -0.05) is 6.07 Å². The maximum absolute atomic E-state index is 9.20. The Labute approximate surface area is 100 Å². The van der Waals surface area contributed by atoms with Gasteiger partial charge in [-0.2, -0.15) is 5.26 Å². The quantitative estimate of drug-likeness (QED) is 0.878. The van der Waals surface area contributed by atoms with Crippen LogP contribution in [0.4, 0.5) is 0 Å². The molecule has 1 aromatic heterocycles. The van der Waals surface area contributed by atoms with Crippen molar-refractivity contribution in [1.82, 2.24) is 10.3 Å². The molecule has 4 heteroatoms. The van der Waals surface area contributed by atoms with Gasteiger partial charge in [0.15, 0.2) is 12.0 Å². The number of benzene rings is 1. The first-order valence-electron chi connectivity index (χ1n) is 5.50. The van der Waals surface area contributed by atoms with E-state index in [-0.39, 0.29) is 6.04 Å². The Morgan fingerprint density at radius 3 is 2.88 bits per heavy atom. The monoisotopic (exact) mass is 229 g/mol. The number of fused-ring (bicyclic) bond motifs is 1. The van der Waals surface area contributed by atoms with Gasteiger partial charge in [-0.15, -0.1) is 0 Å². The second-order valence-electron chi connectivity index (χ2n) is 4.63. The fourth-order valence-electron chi connectivity index (χ4n) is 2.06. The third kappa shape index (κ3) is 2.02. The van der Waals surface area contributed by atoms with E-state index in [1.165, 1.54) is 6.39 Å². The van der Waals surface area contributed by atoms with Gasteiger partial charge in [-0.05, 0) is 38.6 Å². The summed E-state index contributed by atoms with van der Waals surface area (Å²) >= 11 is 0. The zero-order chi connectivity index (χ0) is 12.5. The fraction of sp³-hybridized carbons (Fsp3) is 0.385. The van der Waals surface area contributed by atoms with Gasteiger partial charge in [-0.25, -0.2) is 4.98 Å². The van der Waals surface area contributed by atoms with Crippen LogP contribution in [-0.4, -0.2) is 12.0 Å². The van der Waals surface area contributed by atoms with E-state index in [1.807, 2.05) is 39.1 Å².